The number of anilines is 1. The van der Waals surface area contributed by atoms with Crippen LogP contribution in [0.15, 0.2) is 36.5 Å². The van der Waals surface area contributed by atoms with Crippen molar-refractivity contribution in [1.29, 1.82) is 0 Å². The van der Waals surface area contributed by atoms with Crippen LogP contribution < -0.4 is 10.2 Å². The maximum atomic E-state index is 13.6. The van der Waals surface area contributed by atoms with E-state index in [0.29, 0.717) is 5.02 Å². The zero-order valence-electron chi connectivity index (χ0n) is 11.7. The highest BCUT2D eigenvalue weighted by molar-refractivity contribution is 6.31. The van der Waals surface area contributed by atoms with Gasteiger partial charge in [0.05, 0.1) is 5.56 Å². The topological polar surface area (TPSA) is 45.2 Å². The molecular formula is C15H15ClFN3O. The van der Waals surface area contributed by atoms with Gasteiger partial charge in [-0.25, -0.2) is 9.37 Å². The maximum Gasteiger partial charge on any atom is 0.254 e. The normalized spacial score (nSPS) is 10.3. The predicted octanol–water partition coefficient (Wildman–Crippen LogP) is 2.87. The Morgan fingerprint density at radius 2 is 2.10 bits per heavy atom. The van der Waals surface area contributed by atoms with Crippen LogP contribution in [0.2, 0.25) is 5.02 Å². The summed E-state index contributed by atoms with van der Waals surface area (Å²) in [6.07, 6.45) is 1.66. The minimum absolute atomic E-state index is 0.0654. The van der Waals surface area contributed by atoms with Gasteiger partial charge in [0.2, 0.25) is 0 Å². The number of carbonyl (C=O) groups excluding carboxylic acids is 1. The van der Waals surface area contributed by atoms with Gasteiger partial charge in [0.1, 0.15) is 11.6 Å². The fourth-order valence-corrected chi connectivity index (χ4v) is 1.94. The third-order valence-corrected chi connectivity index (χ3v) is 3.13. The van der Waals surface area contributed by atoms with E-state index in [4.69, 9.17) is 11.6 Å². The van der Waals surface area contributed by atoms with Gasteiger partial charge in [0.25, 0.3) is 5.91 Å². The quantitative estimate of drug-likeness (QED) is 0.944. The number of carbonyl (C=O) groups is 1. The Morgan fingerprint density at radius 3 is 2.81 bits per heavy atom. The monoisotopic (exact) mass is 307 g/mol. The number of pyridine rings is 1. The van der Waals surface area contributed by atoms with Gasteiger partial charge in [-0.05, 0) is 35.9 Å². The summed E-state index contributed by atoms with van der Waals surface area (Å²) in [4.78, 5) is 18.0. The fourth-order valence-electron chi connectivity index (χ4n) is 1.76. The highest BCUT2D eigenvalue weighted by Gasteiger charge is 2.12. The Kier molecular flexibility index (Phi) is 4.75. The molecule has 0 aliphatic rings. The molecule has 1 aromatic heterocycles. The lowest BCUT2D eigenvalue weighted by atomic mass is 10.2. The molecule has 4 nitrogen and oxygen atoms in total. The summed E-state index contributed by atoms with van der Waals surface area (Å²) in [5.41, 5.74) is 0.814. The van der Waals surface area contributed by atoms with Crippen molar-refractivity contribution in [3.05, 3.63) is 58.5 Å². The van der Waals surface area contributed by atoms with Gasteiger partial charge in [0, 0.05) is 31.9 Å². The second-order valence-corrected chi connectivity index (χ2v) is 5.16. The Balaban J connectivity index is 2.07. The van der Waals surface area contributed by atoms with Crippen LogP contribution in [0.3, 0.4) is 0 Å². The van der Waals surface area contributed by atoms with E-state index in [1.54, 1.807) is 12.3 Å². The van der Waals surface area contributed by atoms with Crippen LogP contribution in [-0.4, -0.2) is 25.0 Å². The van der Waals surface area contributed by atoms with Gasteiger partial charge >= 0.3 is 0 Å². The highest BCUT2D eigenvalue weighted by atomic mass is 35.5. The van der Waals surface area contributed by atoms with Crippen LogP contribution in [0.1, 0.15) is 15.9 Å². The molecule has 1 N–H and O–H groups in total. The molecule has 0 atom stereocenters. The fraction of sp³-hybridized carbons (Fsp3) is 0.200. The van der Waals surface area contributed by atoms with Gasteiger partial charge < -0.3 is 10.2 Å². The summed E-state index contributed by atoms with van der Waals surface area (Å²) in [5, 5.41) is 2.99. The Morgan fingerprint density at radius 1 is 1.33 bits per heavy atom. The van der Waals surface area contributed by atoms with Crippen LogP contribution in [0.25, 0.3) is 0 Å². The van der Waals surface area contributed by atoms with Gasteiger partial charge in [-0.2, -0.15) is 0 Å². The summed E-state index contributed by atoms with van der Waals surface area (Å²) in [7, 11) is 3.76. The molecule has 110 valence electrons. The van der Waals surface area contributed by atoms with Crippen LogP contribution in [0, 0.1) is 5.82 Å². The molecule has 0 aliphatic heterocycles. The number of nitrogens with one attached hydrogen (secondary N) is 1. The van der Waals surface area contributed by atoms with Crippen molar-refractivity contribution in [3.8, 4) is 0 Å². The molecule has 0 bridgehead atoms. The highest BCUT2D eigenvalue weighted by Crippen LogP contribution is 2.15. The Labute approximate surface area is 127 Å². The average Bonchev–Trinajstić information content (AvgIpc) is 2.47. The van der Waals surface area contributed by atoms with E-state index >= 15 is 0 Å². The molecule has 1 aromatic carbocycles. The Bertz CT molecular complexity index is 661. The van der Waals surface area contributed by atoms with Crippen LogP contribution in [0.5, 0.6) is 0 Å². The number of nitrogens with zero attached hydrogens (tertiary/aromatic N) is 2. The zero-order chi connectivity index (χ0) is 15.4. The van der Waals surface area contributed by atoms with Crippen molar-refractivity contribution in [1.82, 2.24) is 10.3 Å². The number of halogens is 2. The lowest BCUT2D eigenvalue weighted by Gasteiger charge is -2.12. The SMILES string of the molecule is CN(C)c1cc(CNC(=O)c2cc(Cl)ccc2F)ccn1. The molecule has 0 spiro atoms. The number of amides is 1. The summed E-state index contributed by atoms with van der Waals surface area (Å²) in [5.74, 6) is -0.311. The van der Waals surface area contributed by atoms with E-state index in [2.05, 4.69) is 10.3 Å². The zero-order valence-corrected chi connectivity index (χ0v) is 12.5. The predicted molar refractivity (Wildman–Crippen MR) is 81.1 cm³/mol. The van der Waals surface area contributed by atoms with E-state index in [9.17, 15) is 9.18 Å². The first kappa shape index (κ1) is 15.3. The molecule has 0 saturated heterocycles. The number of hydrogen-bond donors (Lipinski definition) is 1. The van der Waals surface area contributed by atoms with E-state index in [1.807, 2.05) is 25.1 Å². The molecule has 2 aromatic rings. The summed E-state index contributed by atoms with van der Waals surface area (Å²) >= 11 is 5.77. The van der Waals surface area contributed by atoms with E-state index in [0.717, 1.165) is 11.4 Å². The lowest BCUT2D eigenvalue weighted by Crippen LogP contribution is -2.24. The first-order valence-electron chi connectivity index (χ1n) is 6.33. The van der Waals surface area contributed by atoms with Crippen molar-refractivity contribution in [2.75, 3.05) is 19.0 Å². The van der Waals surface area contributed by atoms with Crippen molar-refractivity contribution in [2.45, 2.75) is 6.54 Å². The minimum atomic E-state index is -0.597. The van der Waals surface area contributed by atoms with Gasteiger partial charge in [0.15, 0.2) is 0 Å². The van der Waals surface area contributed by atoms with E-state index in [-0.39, 0.29) is 12.1 Å². The number of hydrogen-bond acceptors (Lipinski definition) is 3. The van der Waals surface area contributed by atoms with Gasteiger partial charge in [-0.15, -0.1) is 0 Å². The molecule has 0 radical (unpaired) electrons. The molecule has 6 heteroatoms. The third-order valence-electron chi connectivity index (χ3n) is 2.89. The molecule has 0 saturated carbocycles. The van der Waals surface area contributed by atoms with E-state index in [1.165, 1.54) is 18.2 Å². The second kappa shape index (κ2) is 6.54. The summed E-state index contributed by atoms with van der Waals surface area (Å²) in [6.45, 7) is 0.286. The average molecular weight is 308 g/mol. The molecular weight excluding hydrogens is 293 g/mol. The van der Waals surface area contributed by atoms with Crippen molar-refractivity contribution in [3.63, 3.8) is 0 Å². The maximum absolute atomic E-state index is 13.6. The molecule has 21 heavy (non-hydrogen) atoms. The molecule has 0 unspecified atom stereocenters. The Hall–Kier alpha value is -2.14. The van der Waals surface area contributed by atoms with Crippen LogP contribution in [-0.2, 0) is 6.54 Å². The molecule has 0 fully saturated rings. The molecule has 2 rings (SSSR count). The number of rotatable bonds is 4. The van der Waals surface area contributed by atoms with Crippen molar-refractivity contribution in [2.24, 2.45) is 0 Å². The number of aromatic nitrogens is 1. The first-order chi connectivity index (χ1) is 9.97. The summed E-state index contributed by atoms with van der Waals surface area (Å²) < 4.78 is 13.6. The molecule has 1 amide bonds. The van der Waals surface area contributed by atoms with E-state index < -0.39 is 11.7 Å². The molecule has 0 aliphatic carbocycles. The van der Waals surface area contributed by atoms with Crippen molar-refractivity contribution < 1.29 is 9.18 Å². The largest absolute Gasteiger partial charge is 0.363 e. The third kappa shape index (κ3) is 3.92. The lowest BCUT2D eigenvalue weighted by molar-refractivity contribution is 0.0947. The number of benzene rings is 1. The van der Waals surface area contributed by atoms with Gasteiger partial charge in [-0.3, -0.25) is 4.79 Å². The second-order valence-electron chi connectivity index (χ2n) is 4.72. The smallest absolute Gasteiger partial charge is 0.254 e. The van der Waals surface area contributed by atoms with Crippen molar-refractivity contribution >= 4 is 23.3 Å². The summed E-state index contributed by atoms with van der Waals surface area (Å²) in [6, 6.07) is 7.54. The van der Waals surface area contributed by atoms with Crippen LogP contribution in [0.4, 0.5) is 10.2 Å². The first-order valence-corrected chi connectivity index (χ1v) is 6.70. The minimum Gasteiger partial charge on any atom is -0.363 e. The molecule has 1 heterocycles. The van der Waals surface area contributed by atoms with Gasteiger partial charge in [-0.1, -0.05) is 11.6 Å². The standard InChI is InChI=1S/C15H15ClFN3O/c1-20(2)14-7-10(5-6-18-14)9-19-15(21)12-8-11(16)3-4-13(12)17/h3-8H,9H2,1-2H3,(H,19,21). The van der Waals surface area contributed by atoms with Crippen LogP contribution >= 0.6 is 11.6 Å².